The Labute approximate surface area is 113 Å². The fourth-order valence-corrected chi connectivity index (χ4v) is 1.49. The van der Waals surface area contributed by atoms with Crippen molar-refractivity contribution in [1.29, 1.82) is 0 Å². The molecule has 0 atom stereocenters. The van der Waals surface area contributed by atoms with E-state index in [-0.39, 0.29) is 16.9 Å². The number of ether oxygens (including phenoxy) is 1. The van der Waals surface area contributed by atoms with E-state index in [1.807, 2.05) is 0 Å². The van der Waals surface area contributed by atoms with E-state index in [1.54, 1.807) is 12.1 Å². The van der Waals surface area contributed by atoms with Crippen LogP contribution in [0, 0.1) is 0 Å². The highest BCUT2D eigenvalue weighted by Gasteiger charge is 2.09. The Bertz CT molecular complexity index is 652. The number of methoxy groups -OCH3 is 1. The Morgan fingerprint density at radius 3 is 2.84 bits per heavy atom. The summed E-state index contributed by atoms with van der Waals surface area (Å²) in [4.78, 5) is 30.0. The number of rotatable bonds is 3. The average Bonchev–Trinajstić information content (AvgIpc) is 2.41. The lowest BCUT2D eigenvalue weighted by Crippen LogP contribution is -2.17. The Morgan fingerprint density at radius 1 is 1.47 bits per heavy atom. The minimum atomic E-state index is -0.477. The van der Waals surface area contributed by atoms with Crippen LogP contribution < -0.4 is 15.5 Å². The first kappa shape index (κ1) is 13.1. The lowest BCUT2D eigenvalue weighted by atomic mass is 10.3. The summed E-state index contributed by atoms with van der Waals surface area (Å²) >= 11 is 5.68. The molecule has 2 aromatic rings. The number of hydrogen-bond donors (Lipinski definition) is 2. The monoisotopic (exact) mass is 279 g/mol. The molecule has 98 valence electrons. The molecule has 0 fully saturated rings. The molecule has 0 aliphatic heterocycles. The molecule has 0 aliphatic rings. The van der Waals surface area contributed by atoms with Gasteiger partial charge in [-0.1, -0.05) is 11.6 Å². The SMILES string of the molecule is COc1c[nH]c(C(=O)Nc2ccc(Cl)cn2)cc1=O. The number of pyridine rings is 2. The Kier molecular flexibility index (Phi) is 3.82. The number of aromatic amines is 1. The van der Waals surface area contributed by atoms with Crippen molar-refractivity contribution in [1.82, 2.24) is 9.97 Å². The standard InChI is InChI=1S/C12H10ClN3O3/c1-19-10-6-14-8(4-9(10)17)12(18)16-11-3-2-7(13)5-15-11/h2-6H,1H3,(H,14,17)(H,15,16,18). The zero-order valence-corrected chi connectivity index (χ0v) is 10.7. The predicted octanol–water partition coefficient (Wildman–Crippen LogP) is 1.68. The van der Waals surface area contributed by atoms with Crippen molar-refractivity contribution in [3.05, 3.63) is 51.5 Å². The van der Waals surface area contributed by atoms with Gasteiger partial charge in [0.1, 0.15) is 11.5 Å². The maximum atomic E-state index is 11.9. The summed E-state index contributed by atoms with van der Waals surface area (Å²) in [5, 5.41) is 3.00. The van der Waals surface area contributed by atoms with Gasteiger partial charge >= 0.3 is 0 Å². The van der Waals surface area contributed by atoms with Gasteiger partial charge < -0.3 is 15.0 Å². The molecule has 0 spiro atoms. The van der Waals surface area contributed by atoms with Crippen molar-refractivity contribution < 1.29 is 9.53 Å². The normalized spacial score (nSPS) is 10.0. The van der Waals surface area contributed by atoms with E-state index in [4.69, 9.17) is 16.3 Å². The van der Waals surface area contributed by atoms with Gasteiger partial charge in [-0.25, -0.2) is 4.98 Å². The minimum absolute atomic E-state index is 0.113. The molecule has 0 radical (unpaired) electrons. The van der Waals surface area contributed by atoms with Crippen molar-refractivity contribution in [2.75, 3.05) is 12.4 Å². The zero-order valence-electron chi connectivity index (χ0n) is 9.94. The van der Waals surface area contributed by atoms with E-state index in [1.165, 1.54) is 19.5 Å². The van der Waals surface area contributed by atoms with Crippen molar-refractivity contribution in [3.63, 3.8) is 0 Å². The molecule has 0 aromatic carbocycles. The van der Waals surface area contributed by atoms with Gasteiger partial charge in [-0.05, 0) is 12.1 Å². The molecule has 0 bridgehead atoms. The van der Waals surface area contributed by atoms with Crippen LogP contribution in [0.25, 0.3) is 0 Å². The molecule has 0 unspecified atom stereocenters. The van der Waals surface area contributed by atoms with Crippen LogP contribution in [0.2, 0.25) is 5.02 Å². The van der Waals surface area contributed by atoms with Crippen LogP contribution in [0.3, 0.4) is 0 Å². The third-order valence-corrected chi connectivity index (χ3v) is 2.53. The maximum Gasteiger partial charge on any atom is 0.273 e. The third kappa shape index (κ3) is 3.11. The van der Waals surface area contributed by atoms with Crippen molar-refractivity contribution in [3.8, 4) is 5.75 Å². The number of aromatic nitrogens is 2. The highest BCUT2D eigenvalue weighted by molar-refractivity contribution is 6.30. The van der Waals surface area contributed by atoms with Crippen LogP contribution in [-0.4, -0.2) is 23.0 Å². The molecule has 0 saturated heterocycles. The van der Waals surface area contributed by atoms with E-state index < -0.39 is 5.91 Å². The predicted molar refractivity (Wildman–Crippen MR) is 70.8 cm³/mol. The Balaban J connectivity index is 2.18. The second kappa shape index (κ2) is 5.53. The number of H-pyrrole nitrogens is 1. The Hall–Kier alpha value is -2.34. The summed E-state index contributed by atoms with van der Waals surface area (Å²) in [7, 11) is 1.38. The summed E-state index contributed by atoms with van der Waals surface area (Å²) in [6, 6.07) is 4.31. The number of anilines is 1. The largest absolute Gasteiger partial charge is 0.491 e. The van der Waals surface area contributed by atoms with E-state index in [0.717, 1.165) is 6.07 Å². The first-order valence-corrected chi connectivity index (χ1v) is 5.67. The highest BCUT2D eigenvalue weighted by Crippen LogP contribution is 2.10. The molecule has 2 heterocycles. The van der Waals surface area contributed by atoms with Gasteiger partial charge in [0, 0.05) is 18.5 Å². The number of amides is 1. The van der Waals surface area contributed by atoms with Gasteiger partial charge in [0.05, 0.1) is 12.1 Å². The summed E-state index contributed by atoms with van der Waals surface area (Å²) in [5.74, 6) is 0.00168. The topological polar surface area (TPSA) is 84.1 Å². The molecule has 6 nitrogen and oxygen atoms in total. The average molecular weight is 280 g/mol. The van der Waals surface area contributed by atoms with Gasteiger partial charge in [0.15, 0.2) is 5.75 Å². The van der Waals surface area contributed by atoms with E-state index in [2.05, 4.69) is 15.3 Å². The van der Waals surface area contributed by atoms with Gasteiger partial charge in [0.2, 0.25) is 5.43 Å². The smallest absolute Gasteiger partial charge is 0.273 e. The first-order valence-electron chi connectivity index (χ1n) is 5.30. The van der Waals surface area contributed by atoms with Crippen molar-refractivity contribution in [2.24, 2.45) is 0 Å². The van der Waals surface area contributed by atoms with E-state index >= 15 is 0 Å². The van der Waals surface area contributed by atoms with Crippen LogP contribution in [0.15, 0.2) is 35.4 Å². The number of carbonyl (C=O) groups excluding carboxylic acids is 1. The van der Waals surface area contributed by atoms with Crippen molar-refractivity contribution >= 4 is 23.3 Å². The van der Waals surface area contributed by atoms with Gasteiger partial charge in [-0.15, -0.1) is 0 Å². The molecule has 0 saturated carbocycles. The van der Waals surface area contributed by atoms with Crippen LogP contribution in [-0.2, 0) is 0 Å². The summed E-state index contributed by atoms with van der Waals surface area (Å²) in [6.07, 6.45) is 2.74. The van der Waals surface area contributed by atoms with Crippen LogP contribution in [0.1, 0.15) is 10.5 Å². The molecule has 1 amide bonds. The molecule has 2 aromatic heterocycles. The zero-order chi connectivity index (χ0) is 13.8. The van der Waals surface area contributed by atoms with Gasteiger partial charge in [-0.3, -0.25) is 9.59 Å². The second-order valence-corrected chi connectivity index (χ2v) is 4.03. The number of nitrogens with zero attached hydrogens (tertiary/aromatic N) is 1. The molecular formula is C12H10ClN3O3. The lowest BCUT2D eigenvalue weighted by molar-refractivity contribution is 0.102. The van der Waals surface area contributed by atoms with Crippen LogP contribution in [0.5, 0.6) is 5.75 Å². The molecule has 2 rings (SSSR count). The Morgan fingerprint density at radius 2 is 2.26 bits per heavy atom. The van der Waals surface area contributed by atoms with Crippen LogP contribution in [0.4, 0.5) is 5.82 Å². The summed E-state index contributed by atoms with van der Waals surface area (Å²) < 4.78 is 4.81. The minimum Gasteiger partial charge on any atom is -0.491 e. The molecule has 19 heavy (non-hydrogen) atoms. The second-order valence-electron chi connectivity index (χ2n) is 3.60. The molecule has 0 aliphatic carbocycles. The number of halogens is 1. The number of hydrogen-bond acceptors (Lipinski definition) is 4. The molecular weight excluding hydrogens is 270 g/mol. The summed E-state index contributed by atoms with van der Waals surface area (Å²) in [5.41, 5.74) is -0.266. The third-order valence-electron chi connectivity index (χ3n) is 2.31. The quantitative estimate of drug-likeness (QED) is 0.895. The molecule has 2 N–H and O–H groups in total. The fourth-order valence-electron chi connectivity index (χ4n) is 1.38. The van der Waals surface area contributed by atoms with Gasteiger partial charge in [0.25, 0.3) is 5.91 Å². The van der Waals surface area contributed by atoms with Gasteiger partial charge in [-0.2, -0.15) is 0 Å². The number of nitrogens with one attached hydrogen (secondary N) is 2. The van der Waals surface area contributed by atoms with E-state index in [9.17, 15) is 9.59 Å². The first-order chi connectivity index (χ1) is 9.10. The molecule has 7 heteroatoms. The fraction of sp³-hybridized carbons (Fsp3) is 0.0833. The highest BCUT2D eigenvalue weighted by atomic mass is 35.5. The lowest BCUT2D eigenvalue weighted by Gasteiger charge is -2.05. The summed E-state index contributed by atoms with van der Waals surface area (Å²) in [6.45, 7) is 0. The van der Waals surface area contributed by atoms with E-state index in [0.29, 0.717) is 10.8 Å². The maximum absolute atomic E-state index is 11.9. The van der Waals surface area contributed by atoms with Crippen molar-refractivity contribution in [2.45, 2.75) is 0 Å². The number of carbonyl (C=O) groups is 1. The van der Waals surface area contributed by atoms with Crippen LogP contribution >= 0.6 is 11.6 Å².